The standard InChI is InChI=1S/C21H32N4O4/c1-28-16-4-2-15(3-5-16)10-17-19(18(26)11-24-17)29-20(27)23-7-9-25-8-6-21(14-25)12-22-13-21/h2-5,17-19,22,24,26H,6-14H2,1H3,(H,23,27)/t17-,18+,19+/m1/s1. The molecule has 1 aromatic rings. The summed E-state index contributed by atoms with van der Waals surface area (Å²) in [7, 11) is 1.64. The van der Waals surface area contributed by atoms with Crippen LogP contribution in [0.3, 0.4) is 0 Å². The lowest BCUT2D eigenvalue weighted by atomic mass is 9.81. The first-order valence-corrected chi connectivity index (χ1v) is 10.5. The number of aliphatic hydroxyl groups excluding tert-OH is 1. The molecule has 3 atom stereocenters. The number of methoxy groups -OCH3 is 1. The molecule has 3 aliphatic rings. The predicted octanol–water partition coefficient (Wildman–Crippen LogP) is -0.0395. The fourth-order valence-electron chi connectivity index (χ4n) is 4.60. The second kappa shape index (κ2) is 8.87. The third-order valence-corrected chi connectivity index (χ3v) is 6.44. The maximum absolute atomic E-state index is 12.3. The Morgan fingerprint density at radius 2 is 2.14 bits per heavy atom. The van der Waals surface area contributed by atoms with Gasteiger partial charge in [0.2, 0.25) is 0 Å². The minimum atomic E-state index is -0.700. The molecule has 3 fully saturated rings. The van der Waals surface area contributed by atoms with Crippen molar-refractivity contribution in [1.82, 2.24) is 20.9 Å². The molecule has 0 unspecified atom stereocenters. The normalized spacial score (nSPS) is 28.3. The molecule has 0 aromatic heterocycles. The number of carbonyl (C=O) groups excluding carboxylic acids is 1. The number of carbonyl (C=O) groups is 1. The van der Waals surface area contributed by atoms with E-state index in [2.05, 4.69) is 20.9 Å². The van der Waals surface area contributed by atoms with Crippen molar-refractivity contribution in [3.8, 4) is 5.75 Å². The molecule has 1 spiro atoms. The van der Waals surface area contributed by atoms with Gasteiger partial charge in [0.1, 0.15) is 18.0 Å². The van der Waals surface area contributed by atoms with E-state index in [0.717, 1.165) is 44.0 Å². The van der Waals surface area contributed by atoms with Gasteiger partial charge in [-0.25, -0.2) is 4.79 Å². The Kier molecular flexibility index (Phi) is 6.24. The van der Waals surface area contributed by atoms with E-state index in [1.807, 2.05) is 24.3 Å². The van der Waals surface area contributed by atoms with Gasteiger partial charge in [0, 0.05) is 44.7 Å². The molecule has 4 N–H and O–H groups in total. The molecule has 160 valence electrons. The number of amides is 1. The average molecular weight is 405 g/mol. The van der Waals surface area contributed by atoms with Gasteiger partial charge in [0.15, 0.2) is 0 Å². The van der Waals surface area contributed by atoms with Crippen molar-refractivity contribution in [3.63, 3.8) is 0 Å². The molecule has 0 aliphatic carbocycles. The molecule has 3 saturated heterocycles. The summed E-state index contributed by atoms with van der Waals surface area (Å²) in [5.41, 5.74) is 1.56. The quantitative estimate of drug-likeness (QED) is 0.507. The minimum Gasteiger partial charge on any atom is -0.497 e. The second-order valence-corrected chi connectivity index (χ2v) is 8.56. The summed E-state index contributed by atoms with van der Waals surface area (Å²) in [4.78, 5) is 14.7. The van der Waals surface area contributed by atoms with Crippen molar-refractivity contribution in [2.45, 2.75) is 31.1 Å². The van der Waals surface area contributed by atoms with Gasteiger partial charge >= 0.3 is 6.09 Å². The molecular formula is C21H32N4O4. The Hall–Kier alpha value is -1.87. The smallest absolute Gasteiger partial charge is 0.407 e. The largest absolute Gasteiger partial charge is 0.497 e. The number of benzene rings is 1. The van der Waals surface area contributed by atoms with Gasteiger partial charge < -0.3 is 35.4 Å². The second-order valence-electron chi connectivity index (χ2n) is 8.56. The summed E-state index contributed by atoms with van der Waals surface area (Å²) in [6.45, 7) is 6.23. The van der Waals surface area contributed by atoms with Gasteiger partial charge in [-0.05, 0) is 37.1 Å². The van der Waals surface area contributed by atoms with Crippen LogP contribution in [-0.2, 0) is 11.2 Å². The molecule has 0 radical (unpaired) electrons. The Bertz CT molecular complexity index is 694. The highest BCUT2D eigenvalue weighted by molar-refractivity contribution is 5.67. The van der Waals surface area contributed by atoms with Gasteiger partial charge in [-0.1, -0.05) is 12.1 Å². The Morgan fingerprint density at radius 3 is 2.79 bits per heavy atom. The summed E-state index contributed by atoms with van der Waals surface area (Å²) >= 11 is 0. The first kappa shape index (κ1) is 20.4. The highest BCUT2D eigenvalue weighted by atomic mass is 16.6. The zero-order valence-electron chi connectivity index (χ0n) is 17.0. The molecule has 3 heterocycles. The Balaban J connectivity index is 1.21. The Morgan fingerprint density at radius 1 is 1.34 bits per heavy atom. The molecule has 1 amide bonds. The van der Waals surface area contributed by atoms with Crippen LogP contribution in [0.25, 0.3) is 0 Å². The number of rotatable bonds is 7. The molecule has 29 heavy (non-hydrogen) atoms. The molecule has 0 saturated carbocycles. The fraction of sp³-hybridized carbons (Fsp3) is 0.667. The van der Waals surface area contributed by atoms with E-state index in [9.17, 15) is 9.90 Å². The van der Waals surface area contributed by atoms with Crippen molar-refractivity contribution in [3.05, 3.63) is 29.8 Å². The molecule has 1 aromatic carbocycles. The van der Waals surface area contributed by atoms with Gasteiger partial charge in [-0.2, -0.15) is 0 Å². The van der Waals surface area contributed by atoms with Crippen LogP contribution in [0, 0.1) is 5.41 Å². The number of β-amino-alcohol motifs (C(OH)–C–C–N with tert-alkyl or cyclic N) is 1. The zero-order chi connectivity index (χ0) is 20.3. The van der Waals surface area contributed by atoms with E-state index in [1.54, 1.807) is 7.11 Å². The zero-order valence-corrected chi connectivity index (χ0v) is 17.0. The molecule has 8 heteroatoms. The summed E-state index contributed by atoms with van der Waals surface area (Å²) < 4.78 is 10.8. The van der Waals surface area contributed by atoms with Crippen LogP contribution in [0.1, 0.15) is 12.0 Å². The van der Waals surface area contributed by atoms with Crippen LogP contribution in [0.15, 0.2) is 24.3 Å². The summed E-state index contributed by atoms with van der Waals surface area (Å²) in [6.07, 6.45) is 0.179. The van der Waals surface area contributed by atoms with Crippen LogP contribution in [-0.4, -0.2) is 87.3 Å². The lowest BCUT2D eigenvalue weighted by molar-refractivity contribution is 0.0188. The minimum absolute atomic E-state index is 0.117. The number of nitrogens with zero attached hydrogens (tertiary/aromatic N) is 1. The number of hydrogen-bond donors (Lipinski definition) is 4. The van der Waals surface area contributed by atoms with Crippen LogP contribution in [0.4, 0.5) is 4.79 Å². The number of hydrogen-bond acceptors (Lipinski definition) is 7. The van der Waals surface area contributed by atoms with Crippen LogP contribution in [0.5, 0.6) is 5.75 Å². The lowest BCUT2D eigenvalue weighted by Gasteiger charge is -2.39. The Labute approximate surface area is 171 Å². The topological polar surface area (TPSA) is 95.1 Å². The molecule has 3 aliphatic heterocycles. The van der Waals surface area contributed by atoms with E-state index < -0.39 is 18.3 Å². The maximum atomic E-state index is 12.3. The fourth-order valence-corrected chi connectivity index (χ4v) is 4.60. The molecule has 0 bridgehead atoms. The average Bonchev–Trinajstić information content (AvgIpc) is 3.28. The first-order valence-electron chi connectivity index (χ1n) is 10.5. The van der Waals surface area contributed by atoms with E-state index >= 15 is 0 Å². The molecule has 4 rings (SSSR count). The van der Waals surface area contributed by atoms with Crippen LogP contribution >= 0.6 is 0 Å². The van der Waals surface area contributed by atoms with E-state index in [-0.39, 0.29) is 6.04 Å². The number of aliphatic hydroxyl groups is 1. The highest BCUT2D eigenvalue weighted by Gasteiger charge is 2.42. The third kappa shape index (κ3) is 4.83. The third-order valence-electron chi connectivity index (χ3n) is 6.44. The molecule has 8 nitrogen and oxygen atoms in total. The van der Waals surface area contributed by atoms with E-state index in [0.29, 0.717) is 24.9 Å². The van der Waals surface area contributed by atoms with Crippen molar-refractivity contribution in [1.29, 1.82) is 0 Å². The lowest BCUT2D eigenvalue weighted by Crippen LogP contribution is -2.54. The summed E-state index contributed by atoms with van der Waals surface area (Å²) in [5, 5.41) is 19.7. The monoisotopic (exact) mass is 404 g/mol. The number of alkyl carbamates (subject to hydrolysis) is 1. The number of nitrogens with one attached hydrogen (secondary N) is 3. The van der Waals surface area contributed by atoms with E-state index in [4.69, 9.17) is 9.47 Å². The summed E-state index contributed by atoms with van der Waals surface area (Å²) in [6, 6.07) is 7.68. The number of likely N-dealkylation sites (tertiary alicyclic amines) is 1. The van der Waals surface area contributed by atoms with Gasteiger partial charge in [0.05, 0.1) is 13.2 Å². The predicted molar refractivity (Wildman–Crippen MR) is 109 cm³/mol. The van der Waals surface area contributed by atoms with Crippen LogP contribution < -0.4 is 20.7 Å². The first-order chi connectivity index (χ1) is 14.1. The summed E-state index contributed by atoms with van der Waals surface area (Å²) in [5.74, 6) is 0.804. The van der Waals surface area contributed by atoms with Crippen molar-refractivity contribution in [2.24, 2.45) is 5.41 Å². The maximum Gasteiger partial charge on any atom is 0.407 e. The SMILES string of the molecule is COc1ccc(C[C@H]2NC[C@H](O)[C@H]2OC(=O)NCCN2CCC3(CNC3)C2)cc1. The number of ether oxygens (including phenoxy) is 2. The van der Waals surface area contributed by atoms with Gasteiger partial charge in [-0.3, -0.25) is 0 Å². The molecular weight excluding hydrogens is 372 g/mol. The highest BCUT2D eigenvalue weighted by Crippen LogP contribution is 2.33. The van der Waals surface area contributed by atoms with Crippen molar-refractivity contribution in [2.75, 3.05) is 52.9 Å². The van der Waals surface area contributed by atoms with Gasteiger partial charge in [0.25, 0.3) is 0 Å². The van der Waals surface area contributed by atoms with Crippen molar-refractivity contribution < 1.29 is 19.4 Å². The van der Waals surface area contributed by atoms with Crippen molar-refractivity contribution >= 4 is 6.09 Å². The van der Waals surface area contributed by atoms with Gasteiger partial charge in [-0.15, -0.1) is 0 Å². The van der Waals surface area contributed by atoms with E-state index in [1.165, 1.54) is 6.42 Å². The van der Waals surface area contributed by atoms with Crippen LogP contribution in [0.2, 0.25) is 0 Å².